The molecule has 2 N–H and O–H groups in total. The molecule has 0 aromatic heterocycles. The van der Waals surface area contributed by atoms with Crippen LogP contribution in [0.2, 0.25) is 5.02 Å². The maximum Gasteiger partial charge on any atom is 0.326 e. The van der Waals surface area contributed by atoms with Crippen molar-refractivity contribution in [1.29, 1.82) is 0 Å². The highest BCUT2D eigenvalue weighted by molar-refractivity contribution is 6.30. The molecule has 27 heavy (non-hydrogen) atoms. The Labute approximate surface area is 161 Å². The van der Waals surface area contributed by atoms with E-state index < -0.39 is 23.9 Å². The van der Waals surface area contributed by atoms with Crippen molar-refractivity contribution in [2.45, 2.75) is 13.0 Å². The summed E-state index contributed by atoms with van der Waals surface area (Å²) in [6, 6.07) is 13.0. The van der Waals surface area contributed by atoms with Gasteiger partial charge in [0.05, 0.1) is 7.11 Å². The quantitative estimate of drug-likeness (QED) is 0.709. The average Bonchev–Trinajstić information content (AvgIpc) is 2.66. The first-order valence-electron chi connectivity index (χ1n) is 8.07. The van der Waals surface area contributed by atoms with E-state index in [0.717, 1.165) is 0 Å². The molecule has 0 unspecified atom stereocenters. The SMILES string of the molecule is COc1cccc(NC(=O)[C@H](C)OC(=O)CNC(=O)c2ccc(Cl)cc2)c1. The standard InChI is InChI=1S/C19H19ClN2O5/c1-12(18(24)22-15-4-3-5-16(10-15)26-2)27-17(23)11-21-19(25)13-6-8-14(20)9-7-13/h3-10,12H,11H2,1-2H3,(H,21,25)(H,22,24)/t12-/m0/s1. The van der Waals surface area contributed by atoms with Gasteiger partial charge in [-0.05, 0) is 43.3 Å². The summed E-state index contributed by atoms with van der Waals surface area (Å²) in [5, 5.41) is 5.55. The molecule has 0 spiro atoms. The van der Waals surface area contributed by atoms with E-state index in [4.69, 9.17) is 21.1 Å². The van der Waals surface area contributed by atoms with E-state index in [-0.39, 0.29) is 6.54 Å². The number of carbonyl (C=O) groups is 3. The van der Waals surface area contributed by atoms with Gasteiger partial charge in [0, 0.05) is 22.3 Å². The molecular formula is C19H19ClN2O5. The van der Waals surface area contributed by atoms with Gasteiger partial charge >= 0.3 is 5.97 Å². The van der Waals surface area contributed by atoms with Gasteiger partial charge in [-0.1, -0.05) is 17.7 Å². The van der Waals surface area contributed by atoms with Crippen LogP contribution in [0.3, 0.4) is 0 Å². The van der Waals surface area contributed by atoms with E-state index in [9.17, 15) is 14.4 Å². The maximum absolute atomic E-state index is 12.1. The number of halogens is 1. The van der Waals surface area contributed by atoms with Gasteiger partial charge in [-0.2, -0.15) is 0 Å². The molecule has 0 saturated heterocycles. The van der Waals surface area contributed by atoms with Crippen LogP contribution in [0.25, 0.3) is 0 Å². The van der Waals surface area contributed by atoms with Gasteiger partial charge in [-0.25, -0.2) is 0 Å². The molecule has 1 atom stereocenters. The second kappa shape index (κ2) is 9.59. The molecule has 0 aliphatic carbocycles. The van der Waals surface area contributed by atoms with Crippen molar-refractivity contribution in [3.63, 3.8) is 0 Å². The van der Waals surface area contributed by atoms with Gasteiger partial charge in [0.25, 0.3) is 11.8 Å². The molecule has 0 aliphatic heterocycles. The number of anilines is 1. The third kappa shape index (κ3) is 6.31. The van der Waals surface area contributed by atoms with Gasteiger partial charge in [-0.15, -0.1) is 0 Å². The van der Waals surface area contributed by atoms with E-state index in [1.807, 2.05) is 0 Å². The molecule has 0 saturated carbocycles. The van der Waals surface area contributed by atoms with Crippen LogP contribution in [0.5, 0.6) is 5.75 Å². The van der Waals surface area contributed by atoms with Crippen LogP contribution >= 0.6 is 11.6 Å². The summed E-state index contributed by atoms with van der Waals surface area (Å²) < 4.78 is 10.1. The van der Waals surface area contributed by atoms with Gasteiger partial charge in [0.1, 0.15) is 12.3 Å². The Bertz CT molecular complexity index is 823. The van der Waals surface area contributed by atoms with Gasteiger partial charge < -0.3 is 20.1 Å². The van der Waals surface area contributed by atoms with E-state index in [2.05, 4.69) is 10.6 Å². The molecule has 7 nitrogen and oxygen atoms in total. The first kappa shape index (κ1) is 20.3. The van der Waals surface area contributed by atoms with Crippen molar-refractivity contribution in [3.8, 4) is 5.75 Å². The molecule has 0 radical (unpaired) electrons. The Balaban J connectivity index is 1.80. The summed E-state index contributed by atoms with van der Waals surface area (Å²) in [4.78, 5) is 35.9. The largest absolute Gasteiger partial charge is 0.497 e. The number of benzene rings is 2. The molecule has 2 amide bonds. The molecule has 8 heteroatoms. The van der Waals surface area contributed by atoms with Crippen LogP contribution < -0.4 is 15.4 Å². The number of carbonyl (C=O) groups excluding carboxylic acids is 3. The summed E-state index contributed by atoms with van der Waals surface area (Å²) >= 11 is 5.76. The van der Waals surface area contributed by atoms with Crippen molar-refractivity contribution in [3.05, 3.63) is 59.1 Å². The predicted molar refractivity (Wildman–Crippen MR) is 101 cm³/mol. The van der Waals surface area contributed by atoms with E-state index in [1.165, 1.54) is 26.2 Å². The highest BCUT2D eigenvalue weighted by atomic mass is 35.5. The zero-order valence-electron chi connectivity index (χ0n) is 14.8. The Morgan fingerprint density at radius 1 is 1.11 bits per heavy atom. The molecule has 0 bridgehead atoms. The van der Waals surface area contributed by atoms with E-state index in [0.29, 0.717) is 22.0 Å². The monoisotopic (exact) mass is 390 g/mol. The number of esters is 1. The normalized spacial score (nSPS) is 11.2. The number of rotatable bonds is 7. The fourth-order valence-corrected chi connectivity index (χ4v) is 2.22. The van der Waals surface area contributed by atoms with E-state index in [1.54, 1.807) is 36.4 Å². The molecule has 2 aromatic carbocycles. The van der Waals surface area contributed by atoms with Crippen LogP contribution in [0.4, 0.5) is 5.69 Å². The lowest BCUT2D eigenvalue weighted by molar-refractivity contribution is -0.152. The minimum atomic E-state index is -1.03. The number of amides is 2. The Hall–Kier alpha value is -3.06. The van der Waals surface area contributed by atoms with Crippen molar-refractivity contribution in [2.75, 3.05) is 19.0 Å². The number of nitrogens with one attached hydrogen (secondary N) is 2. The molecule has 0 heterocycles. The summed E-state index contributed by atoms with van der Waals surface area (Å²) in [6.07, 6.45) is -1.03. The Kier molecular flexibility index (Phi) is 7.19. The third-order valence-corrected chi connectivity index (χ3v) is 3.77. The van der Waals surface area contributed by atoms with Gasteiger partial charge in [0.2, 0.25) is 0 Å². The first-order chi connectivity index (χ1) is 12.9. The summed E-state index contributed by atoms with van der Waals surface area (Å²) in [5.74, 6) is -1.09. The fourth-order valence-electron chi connectivity index (χ4n) is 2.09. The second-order valence-corrected chi connectivity index (χ2v) is 5.98. The van der Waals surface area contributed by atoms with Crippen LogP contribution in [0.15, 0.2) is 48.5 Å². The van der Waals surface area contributed by atoms with Gasteiger partial charge in [0.15, 0.2) is 6.10 Å². The lowest BCUT2D eigenvalue weighted by Crippen LogP contribution is -2.35. The number of methoxy groups -OCH3 is 1. The summed E-state index contributed by atoms with van der Waals surface area (Å²) in [5.41, 5.74) is 0.870. The number of hydrogen-bond donors (Lipinski definition) is 2. The lowest BCUT2D eigenvalue weighted by Gasteiger charge is -2.14. The maximum atomic E-state index is 12.1. The smallest absolute Gasteiger partial charge is 0.326 e. The Morgan fingerprint density at radius 2 is 1.81 bits per heavy atom. The topological polar surface area (TPSA) is 93.7 Å². The molecule has 0 aliphatic rings. The third-order valence-electron chi connectivity index (χ3n) is 3.51. The zero-order valence-corrected chi connectivity index (χ0v) is 15.6. The lowest BCUT2D eigenvalue weighted by atomic mass is 10.2. The highest BCUT2D eigenvalue weighted by Gasteiger charge is 2.18. The summed E-state index contributed by atoms with van der Waals surface area (Å²) in [6.45, 7) is 1.08. The van der Waals surface area contributed by atoms with E-state index >= 15 is 0 Å². The van der Waals surface area contributed by atoms with Crippen molar-refractivity contribution < 1.29 is 23.9 Å². The van der Waals surface area contributed by atoms with Crippen molar-refractivity contribution >= 4 is 35.1 Å². The predicted octanol–water partition coefficient (Wildman–Crippen LogP) is 2.65. The van der Waals surface area contributed by atoms with Crippen molar-refractivity contribution in [2.24, 2.45) is 0 Å². The summed E-state index contributed by atoms with van der Waals surface area (Å²) in [7, 11) is 1.52. The van der Waals surface area contributed by atoms with Crippen molar-refractivity contribution in [1.82, 2.24) is 5.32 Å². The first-order valence-corrected chi connectivity index (χ1v) is 8.45. The molecule has 2 rings (SSSR count). The van der Waals surface area contributed by atoms with Crippen LogP contribution in [0, 0.1) is 0 Å². The van der Waals surface area contributed by atoms with Crippen LogP contribution in [-0.4, -0.2) is 37.5 Å². The highest BCUT2D eigenvalue weighted by Crippen LogP contribution is 2.17. The van der Waals surface area contributed by atoms with Crippen LogP contribution in [-0.2, 0) is 14.3 Å². The molecule has 2 aromatic rings. The molecule has 142 valence electrons. The molecule has 0 fully saturated rings. The van der Waals surface area contributed by atoms with Crippen LogP contribution in [0.1, 0.15) is 17.3 Å². The zero-order chi connectivity index (χ0) is 19.8. The average molecular weight is 391 g/mol. The Morgan fingerprint density at radius 3 is 2.48 bits per heavy atom. The second-order valence-electron chi connectivity index (χ2n) is 5.54. The van der Waals surface area contributed by atoms with Gasteiger partial charge in [-0.3, -0.25) is 14.4 Å². The minimum absolute atomic E-state index is 0.357. The number of hydrogen-bond acceptors (Lipinski definition) is 5. The minimum Gasteiger partial charge on any atom is -0.497 e. The molecular weight excluding hydrogens is 372 g/mol. The fraction of sp³-hybridized carbons (Fsp3) is 0.211. The number of ether oxygens (including phenoxy) is 2.